The zero-order valence-electron chi connectivity index (χ0n) is 10.0. The van der Waals surface area contributed by atoms with Crippen molar-refractivity contribution in [3.05, 3.63) is 72.1 Å². The van der Waals surface area contributed by atoms with Crippen molar-refractivity contribution in [3.8, 4) is 0 Å². The molecule has 0 amide bonds. The van der Waals surface area contributed by atoms with Gasteiger partial charge >= 0.3 is 0 Å². The number of aliphatic hydroxyl groups is 1. The molecule has 1 atom stereocenters. The highest BCUT2D eigenvalue weighted by Crippen LogP contribution is 2.29. The molecule has 90 valence electrons. The van der Waals surface area contributed by atoms with Crippen LogP contribution in [0.4, 0.5) is 0 Å². The van der Waals surface area contributed by atoms with Gasteiger partial charge in [0.15, 0.2) is 0 Å². The Kier molecular flexibility index (Phi) is 2.87. The SMILES string of the molecule is OCC(c1ccc[nH]1)c1cccc2ccccc12. The first-order valence-electron chi connectivity index (χ1n) is 6.12. The van der Waals surface area contributed by atoms with Gasteiger partial charge in [-0.15, -0.1) is 0 Å². The number of aliphatic hydroxyl groups excluding tert-OH is 1. The van der Waals surface area contributed by atoms with E-state index in [2.05, 4.69) is 29.2 Å². The number of aromatic nitrogens is 1. The molecule has 18 heavy (non-hydrogen) atoms. The maximum Gasteiger partial charge on any atom is 0.0555 e. The second-order valence-corrected chi connectivity index (χ2v) is 4.43. The number of nitrogens with one attached hydrogen (secondary N) is 1. The molecule has 0 aliphatic rings. The average molecular weight is 237 g/mol. The molecular formula is C16H15NO. The van der Waals surface area contributed by atoms with E-state index in [0.29, 0.717) is 0 Å². The van der Waals surface area contributed by atoms with E-state index in [4.69, 9.17) is 0 Å². The minimum Gasteiger partial charge on any atom is -0.395 e. The number of fused-ring (bicyclic) bond motifs is 1. The molecule has 0 spiro atoms. The maximum absolute atomic E-state index is 9.69. The van der Waals surface area contributed by atoms with Gasteiger partial charge in [0.2, 0.25) is 0 Å². The van der Waals surface area contributed by atoms with Crippen molar-refractivity contribution in [2.75, 3.05) is 6.61 Å². The molecule has 2 N–H and O–H groups in total. The number of hydrogen-bond acceptors (Lipinski definition) is 1. The molecular weight excluding hydrogens is 222 g/mol. The summed E-state index contributed by atoms with van der Waals surface area (Å²) in [6, 6.07) is 18.5. The molecule has 0 bridgehead atoms. The smallest absolute Gasteiger partial charge is 0.0555 e. The third-order valence-corrected chi connectivity index (χ3v) is 3.38. The fourth-order valence-electron chi connectivity index (χ4n) is 2.48. The Balaban J connectivity index is 2.18. The van der Waals surface area contributed by atoms with Crippen LogP contribution in [0.5, 0.6) is 0 Å². The number of H-pyrrole nitrogens is 1. The summed E-state index contributed by atoms with van der Waals surface area (Å²) in [6.07, 6.45) is 1.89. The summed E-state index contributed by atoms with van der Waals surface area (Å²) in [5.74, 6) is 0.00565. The van der Waals surface area contributed by atoms with E-state index in [1.165, 1.54) is 10.8 Å². The van der Waals surface area contributed by atoms with Crippen LogP contribution < -0.4 is 0 Å². The molecule has 2 nitrogen and oxygen atoms in total. The molecule has 0 saturated heterocycles. The molecule has 1 heterocycles. The first-order chi connectivity index (χ1) is 8.90. The monoisotopic (exact) mass is 237 g/mol. The Morgan fingerprint density at radius 1 is 0.944 bits per heavy atom. The largest absolute Gasteiger partial charge is 0.395 e. The van der Waals surface area contributed by atoms with Crippen LogP contribution in [0.2, 0.25) is 0 Å². The van der Waals surface area contributed by atoms with Crippen LogP contribution >= 0.6 is 0 Å². The number of benzene rings is 2. The molecule has 0 aliphatic heterocycles. The lowest BCUT2D eigenvalue weighted by molar-refractivity contribution is 0.279. The number of aromatic amines is 1. The predicted octanol–water partition coefficient (Wildman–Crippen LogP) is 3.29. The minimum absolute atomic E-state index is 0.00565. The maximum atomic E-state index is 9.69. The Labute approximate surface area is 106 Å². The Morgan fingerprint density at radius 3 is 2.56 bits per heavy atom. The van der Waals surface area contributed by atoms with E-state index in [9.17, 15) is 5.11 Å². The van der Waals surface area contributed by atoms with Crippen LogP contribution in [0.3, 0.4) is 0 Å². The van der Waals surface area contributed by atoms with Crippen molar-refractivity contribution in [3.63, 3.8) is 0 Å². The molecule has 1 aromatic heterocycles. The van der Waals surface area contributed by atoms with Crippen LogP contribution in [0.15, 0.2) is 60.8 Å². The van der Waals surface area contributed by atoms with Crippen molar-refractivity contribution < 1.29 is 5.11 Å². The van der Waals surface area contributed by atoms with Crippen LogP contribution in [0.25, 0.3) is 10.8 Å². The van der Waals surface area contributed by atoms with Crippen molar-refractivity contribution in [1.29, 1.82) is 0 Å². The second-order valence-electron chi connectivity index (χ2n) is 4.43. The zero-order chi connectivity index (χ0) is 12.4. The van der Waals surface area contributed by atoms with Gasteiger partial charge in [-0.05, 0) is 28.5 Å². The average Bonchev–Trinajstić information content (AvgIpc) is 2.94. The Hall–Kier alpha value is -2.06. The lowest BCUT2D eigenvalue weighted by atomic mass is 9.92. The highest BCUT2D eigenvalue weighted by atomic mass is 16.3. The molecule has 3 rings (SSSR count). The topological polar surface area (TPSA) is 36.0 Å². The first-order valence-corrected chi connectivity index (χ1v) is 6.12. The molecule has 0 fully saturated rings. The van der Waals surface area contributed by atoms with Crippen molar-refractivity contribution in [1.82, 2.24) is 4.98 Å². The number of hydrogen-bond donors (Lipinski definition) is 2. The lowest BCUT2D eigenvalue weighted by Gasteiger charge is -2.15. The minimum atomic E-state index is 0.00565. The van der Waals surface area contributed by atoms with Crippen LogP contribution in [-0.2, 0) is 0 Å². The van der Waals surface area contributed by atoms with Crippen LogP contribution in [0, 0.1) is 0 Å². The van der Waals surface area contributed by atoms with Gasteiger partial charge in [-0.1, -0.05) is 42.5 Å². The summed E-state index contributed by atoms with van der Waals surface area (Å²) in [6.45, 7) is 0.106. The van der Waals surface area contributed by atoms with Gasteiger partial charge in [-0.3, -0.25) is 0 Å². The number of rotatable bonds is 3. The van der Waals surface area contributed by atoms with Gasteiger partial charge in [0.05, 0.1) is 6.61 Å². The van der Waals surface area contributed by atoms with E-state index in [1.54, 1.807) is 0 Å². The molecule has 2 aromatic carbocycles. The predicted molar refractivity (Wildman–Crippen MR) is 73.7 cm³/mol. The summed E-state index contributed by atoms with van der Waals surface area (Å²) in [4.78, 5) is 3.19. The quantitative estimate of drug-likeness (QED) is 0.720. The summed E-state index contributed by atoms with van der Waals surface area (Å²) < 4.78 is 0. The molecule has 0 radical (unpaired) electrons. The second kappa shape index (κ2) is 4.67. The Morgan fingerprint density at radius 2 is 1.78 bits per heavy atom. The standard InChI is InChI=1S/C16H15NO/c18-11-15(16-9-4-10-17-16)14-8-3-6-12-5-1-2-7-13(12)14/h1-10,15,17-18H,11H2. The van der Waals surface area contributed by atoms with Gasteiger partial charge in [-0.2, -0.15) is 0 Å². The van der Waals surface area contributed by atoms with Crippen molar-refractivity contribution in [2.24, 2.45) is 0 Å². The van der Waals surface area contributed by atoms with E-state index >= 15 is 0 Å². The van der Waals surface area contributed by atoms with Crippen molar-refractivity contribution >= 4 is 10.8 Å². The van der Waals surface area contributed by atoms with Crippen molar-refractivity contribution in [2.45, 2.75) is 5.92 Å². The summed E-state index contributed by atoms with van der Waals surface area (Å²) in [5.41, 5.74) is 2.21. The van der Waals surface area contributed by atoms with Gasteiger partial charge in [0, 0.05) is 17.8 Å². The van der Waals surface area contributed by atoms with Gasteiger partial charge < -0.3 is 10.1 Å². The summed E-state index contributed by atoms with van der Waals surface area (Å²) in [7, 11) is 0. The first kappa shape index (κ1) is 11.1. The third kappa shape index (κ3) is 1.81. The van der Waals surface area contributed by atoms with Gasteiger partial charge in [0.1, 0.15) is 0 Å². The molecule has 0 saturated carbocycles. The fourth-order valence-corrected chi connectivity index (χ4v) is 2.48. The third-order valence-electron chi connectivity index (χ3n) is 3.38. The molecule has 1 unspecified atom stereocenters. The zero-order valence-corrected chi connectivity index (χ0v) is 10.0. The van der Waals surface area contributed by atoms with E-state index < -0.39 is 0 Å². The summed E-state index contributed by atoms with van der Waals surface area (Å²) in [5, 5.41) is 12.1. The molecule has 2 heteroatoms. The van der Waals surface area contributed by atoms with Gasteiger partial charge in [-0.25, -0.2) is 0 Å². The highest BCUT2D eigenvalue weighted by Gasteiger charge is 2.16. The Bertz CT molecular complexity index is 638. The summed E-state index contributed by atoms with van der Waals surface area (Å²) >= 11 is 0. The fraction of sp³-hybridized carbons (Fsp3) is 0.125. The van der Waals surface area contributed by atoms with Crippen LogP contribution in [-0.4, -0.2) is 16.7 Å². The normalized spacial score (nSPS) is 12.7. The van der Waals surface area contributed by atoms with E-state index in [0.717, 1.165) is 11.3 Å². The van der Waals surface area contributed by atoms with Crippen LogP contribution in [0.1, 0.15) is 17.2 Å². The lowest BCUT2D eigenvalue weighted by Crippen LogP contribution is -2.07. The molecule has 3 aromatic rings. The van der Waals surface area contributed by atoms with E-state index in [1.807, 2.05) is 36.5 Å². The van der Waals surface area contributed by atoms with E-state index in [-0.39, 0.29) is 12.5 Å². The highest BCUT2D eigenvalue weighted by molar-refractivity contribution is 5.86. The molecule has 0 aliphatic carbocycles. The van der Waals surface area contributed by atoms with Gasteiger partial charge in [0.25, 0.3) is 0 Å².